The van der Waals surface area contributed by atoms with Gasteiger partial charge in [0.05, 0.1) is 15.6 Å². The van der Waals surface area contributed by atoms with E-state index >= 15 is 0 Å². The molecule has 15 heavy (non-hydrogen) atoms. The highest BCUT2D eigenvalue weighted by molar-refractivity contribution is 7.14. The van der Waals surface area contributed by atoms with Crippen molar-refractivity contribution in [3.05, 3.63) is 28.6 Å². The molecule has 0 radical (unpaired) electrons. The van der Waals surface area contributed by atoms with Crippen LogP contribution in [0.3, 0.4) is 0 Å². The maximum absolute atomic E-state index is 12.1. The monoisotopic (exact) mass is 222 g/mol. The van der Waals surface area contributed by atoms with E-state index in [1.54, 1.807) is 10.0 Å². The average Bonchev–Trinajstić information content (AvgIpc) is 2.44. The van der Waals surface area contributed by atoms with Crippen molar-refractivity contribution in [1.29, 1.82) is 0 Å². The number of nitrogen functional groups attached to an aromatic ring is 1. The smallest absolute Gasteiger partial charge is 0.271 e. The van der Waals surface area contributed by atoms with Gasteiger partial charge >= 0.3 is 0 Å². The van der Waals surface area contributed by atoms with Crippen LogP contribution in [0.4, 0.5) is 5.69 Å². The Hall–Kier alpha value is -1.29. The summed E-state index contributed by atoms with van der Waals surface area (Å²) in [5.41, 5.74) is 6.20. The Balaban J connectivity index is 2.88. The molecule has 0 amide bonds. The highest BCUT2D eigenvalue weighted by Crippen LogP contribution is 2.25. The first-order valence-electron chi connectivity index (χ1n) is 4.82. The Labute approximate surface area is 92.3 Å². The third-order valence-electron chi connectivity index (χ3n) is 2.26. The minimum atomic E-state index is -0.187. The van der Waals surface area contributed by atoms with Crippen LogP contribution in [-0.2, 0) is 5.54 Å². The minimum Gasteiger partial charge on any atom is -0.398 e. The fraction of sp³-hybridized carbons (Fsp3) is 0.364. The summed E-state index contributed by atoms with van der Waals surface area (Å²) in [5.74, 6) is 0. The van der Waals surface area contributed by atoms with Crippen LogP contribution >= 0.6 is 11.5 Å². The molecule has 80 valence electrons. The van der Waals surface area contributed by atoms with Crippen LogP contribution in [0.5, 0.6) is 0 Å². The summed E-state index contributed by atoms with van der Waals surface area (Å²) in [7, 11) is 0. The van der Waals surface area contributed by atoms with Crippen LogP contribution in [0.15, 0.2) is 23.0 Å². The molecule has 2 aromatic rings. The predicted octanol–water partition coefficient (Wildman–Crippen LogP) is 2.40. The second-order valence-corrected chi connectivity index (χ2v) is 5.57. The first kappa shape index (κ1) is 10.2. The number of anilines is 1. The van der Waals surface area contributed by atoms with Gasteiger partial charge in [0.15, 0.2) is 0 Å². The van der Waals surface area contributed by atoms with E-state index in [1.165, 1.54) is 11.5 Å². The van der Waals surface area contributed by atoms with Gasteiger partial charge in [0.2, 0.25) is 0 Å². The molecule has 1 heterocycles. The van der Waals surface area contributed by atoms with E-state index in [9.17, 15) is 4.79 Å². The average molecular weight is 222 g/mol. The molecule has 0 spiro atoms. The van der Waals surface area contributed by atoms with Crippen LogP contribution in [0.2, 0.25) is 0 Å². The van der Waals surface area contributed by atoms with Crippen LogP contribution in [0, 0.1) is 0 Å². The molecule has 0 saturated carbocycles. The minimum absolute atomic E-state index is 0.0144. The lowest BCUT2D eigenvalue weighted by atomic mass is 10.1. The van der Waals surface area contributed by atoms with Crippen LogP contribution in [-0.4, -0.2) is 3.96 Å². The van der Waals surface area contributed by atoms with Crippen molar-refractivity contribution in [3.63, 3.8) is 0 Å². The Bertz CT molecular complexity index is 560. The molecule has 1 aromatic heterocycles. The number of nitrogens with two attached hydrogens (primary N) is 1. The zero-order chi connectivity index (χ0) is 11.2. The van der Waals surface area contributed by atoms with Crippen LogP contribution in [0.1, 0.15) is 20.8 Å². The van der Waals surface area contributed by atoms with Crippen LogP contribution in [0.25, 0.3) is 10.1 Å². The first-order valence-corrected chi connectivity index (χ1v) is 5.59. The Morgan fingerprint density at radius 1 is 1.33 bits per heavy atom. The molecule has 0 aliphatic heterocycles. The lowest BCUT2D eigenvalue weighted by Gasteiger charge is -2.17. The number of aromatic nitrogens is 1. The van der Waals surface area contributed by atoms with Crippen molar-refractivity contribution >= 4 is 27.3 Å². The highest BCUT2D eigenvalue weighted by atomic mass is 32.1. The lowest BCUT2D eigenvalue weighted by Crippen LogP contribution is -2.29. The standard InChI is InChI=1S/C11H14N2OS/c1-11(2,3)13-10(14)9-7(12)5-4-6-8(9)15-13/h4-6H,12H2,1-3H3. The Morgan fingerprint density at radius 2 is 2.00 bits per heavy atom. The van der Waals surface area contributed by atoms with Gasteiger partial charge in [0.1, 0.15) is 0 Å². The number of rotatable bonds is 0. The Morgan fingerprint density at radius 3 is 2.53 bits per heavy atom. The highest BCUT2D eigenvalue weighted by Gasteiger charge is 2.19. The van der Waals surface area contributed by atoms with Gasteiger partial charge in [-0.25, -0.2) is 0 Å². The molecule has 1 aromatic carbocycles. The van der Waals surface area contributed by atoms with Gasteiger partial charge in [0.25, 0.3) is 5.56 Å². The third-order valence-corrected chi connectivity index (χ3v) is 3.69. The third kappa shape index (κ3) is 1.55. The van der Waals surface area contributed by atoms with E-state index in [1.807, 2.05) is 32.9 Å². The van der Waals surface area contributed by atoms with Crippen molar-refractivity contribution in [2.75, 3.05) is 5.73 Å². The number of fused-ring (bicyclic) bond motifs is 1. The zero-order valence-corrected chi connectivity index (χ0v) is 9.89. The molecular weight excluding hydrogens is 208 g/mol. The van der Waals surface area contributed by atoms with Gasteiger partial charge in [-0.3, -0.25) is 8.75 Å². The fourth-order valence-corrected chi connectivity index (χ4v) is 2.62. The fourth-order valence-electron chi connectivity index (χ4n) is 1.54. The van der Waals surface area contributed by atoms with Crippen LogP contribution < -0.4 is 11.3 Å². The molecular formula is C11H14N2OS. The van der Waals surface area contributed by atoms with E-state index in [4.69, 9.17) is 5.73 Å². The lowest BCUT2D eigenvalue weighted by molar-refractivity contribution is 0.420. The number of nitrogens with zero attached hydrogens (tertiary/aromatic N) is 1. The van der Waals surface area contributed by atoms with Gasteiger partial charge in [-0.05, 0) is 32.9 Å². The predicted molar refractivity (Wildman–Crippen MR) is 65.5 cm³/mol. The van der Waals surface area contributed by atoms with Gasteiger partial charge < -0.3 is 5.73 Å². The van der Waals surface area contributed by atoms with E-state index in [-0.39, 0.29) is 11.1 Å². The molecule has 0 bridgehead atoms. The maximum Gasteiger partial charge on any atom is 0.271 e. The van der Waals surface area contributed by atoms with E-state index in [2.05, 4.69) is 0 Å². The molecule has 3 nitrogen and oxygen atoms in total. The van der Waals surface area contributed by atoms with E-state index in [0.29, 0.717) is 11.1 Å². The van der Waals surface area contributed by atoms with Gasteiger partial charge in [0, 0.05) is 5.69 Å². The molecule has 2 N–H and O–H groups in total. The summed E-state index contributed by atoms with van der Waals surface area (Å²) >= 11 is 1.47. The van der Waals surface area contributed by atoms with Crippen molar-refractivity contribution in [1.82, 2.24) is 3.96 Å². The topological polar surface area (TPSA) is 48.0 Å². The summed E-state index contributed by atoms with van der Waals surface area (Å²) in [6, 6.07) is 5.57. The molecule has 0 saturated heterocycles. The second-order valence-electron chi connectivity index (χ2n) is 4.58. The first-order chi connectivity index (χ1) is 6.91. The molecule has 4 heteroatoms. The van der Waals surface area contributed by atoms with E-state index < -0.39 is 0 Å². The summed E-state index contributed by atoms with van der Waals surface area (Å²) in [4.78, 5) is 12.1. The molecule has 0 fully saturated rings. The van der Waals surface area contributed by atoms with E-state index in [0.717, 1.165) is 4.70 Å². The van der Waals surface area contributed by atoms with Crippen molar-refractivity contribution in [2.24, 2.45) is 0 Å². The second kappa shape index (κ2) is 3.10. The molecule has 0 unspecified atom stereocenters. The normalized spacial score (nSPS) is 12.2. The van der Waals surface area contributed by atoms with Gasteiger partial charge in [-0.15, -0.1) is 0 Å². The molecule has 0 atom stereocenters. The van der Waals surface area contributed by atoms with Crippen molar-refractivity contribution in [2.45, 2.75) is 26.3 Å². The quantitative estimate of drug-likeness (QED) is 0.696. The largest absolute Gasteiger partial charge is 0.398 e. The summed E-state index contributed by atoms with van der Waals surface area (Å²) in [6.45, 7) is 6.04. The summed E-state index contributed by atoms with van der Waals surface area (Å²) in [5, 5.41) is 0.650. The summed E-state index contributed by atoms with van der Waals surface area (Å²) in [6.07, 6.45) is 0. The molecule has 0 aliphatic carbocycles. The SMILES string of the molecule is CC(C)(C)n1sc2cccc(N)c2c1=O. The molecule has 0 aliphatic rings. The molecule has 2 rings (SSSR count). The van der Waals surface area contributed by atoms with Crippen molar-refractivity contribution in [3.8, 4) is 0 Å². The number of hydrogen-bond donors (Lipinski definition) is 1. The van der Waals surface area contributed by atoms with Gasteiger partial charge in [-0.1, -0.05) is 17.6 Å². The van der Waals surface area contributed by atoms with Crippen molar-refractivity contribution < 1.29 is 0 Å². The summed E-state index contributed by atoms with van der Waals surface area (Å²) < 4.78 is 2.73. The van der Waals surface area contributed by atoms with Gasteiger partial charge in [-0.2, -0.15) is 0 Å². The Kier molecular flexibility index (Phi) is 2.12. The maximum atomic E-state index is 12.1. The number of benzene rings is 1. The zero-order valence-electron chi connectivity index (χ0n) is 9.07. The number of hydrogen-bond acceptors (Lipinski definition) is 3.